The van der Waals surface area contributed by atoms with Crippen molar-refractivity contribution in [3.05, 3.63) is 65.9 Å². The Morgan fingerprint density at radius 2 is 2.12 bits per heavy atom. The average Bonchev–Trinajstić information content (AvgIpc) is 3.51. The van der Waals surface area contributed by atoms with Crippen molar-refractivity contribution in [2.75, 3.05) is 6.54 Å². The summed E-state index contributed by atoms with van der Waals surface area (Å²) in [6.45, 7) is 2.32. The van der Waals surface area contributed by atoms with Gasteiger partial charge in [-0.1, -0.05) is 6.07 Å². The van der Waals surface area contributed by atoms with Gasteiger partial charge >= 0.3 is 0 Å². The smallest absolute Gasteiger partial charge is 0.159 e. The average molecular weight is 427 g/mol. The number of aryl methyl sites for hydroxylation is 1. The number of aromatic amines is 2. The van der Waals surface area contributed by atoms with Crippen LogP contribution in [0.3, 0.4) is 0 Å². The lowest BCUT2D eigenvalue weighted by Crippen LogP contribution is -2.14. The molecule has 0 fully saturated rings. The van der Waals surface area contributed by atoms with Crippen LogP contribution < -0.4 is 5.73 Å². The molecule has 1 aliphatic heterocycles. The topological polar surface area (TPSA) is 126 Å². The van der Waals surface area contributed by atoms with Crippen LogP contribution in [0.4, 0.5) is 4.39 Å². The van der Waals surface area contributed by atoms with Crippen LogP contribution in [0.5, 0.6) is 0 Å². The van der Waals surface area contributed by atoms with Gasteiger partial charge in [0.15, 0.2) is 11.6 Å². The molecular weight excluding hydrogens is 409 g/mol. The normalized spacial score (nSPS) is 16.2. The van der Waals surface area contributed by atoms with Gasteiger partial charge in [0.1, 0.15) is 11.2 Å². The second-order valence-corrected chi connectivity index (χ2v) is 7.77. The second kappa shape index (κ2) is 6.84. The van der Waals surface area contributed by atoms with Gasteiger partial charge in [0.05, 0.1) is 52.6 Å². The Balaban J connectivity index is 1.51. The monoisotopic (exact) mass is 427 g/mol. The van der Waals surface area contributed by atoms with E-state index in [4.69, 9.17) is 10.7 Å². The summed E-state index contributed by atoms with van der Waals surface area (Å²) in [5, 5.41) is 7.53. The molecule has 0 saturated carbocycles. The zero-order valence-electron chi connectivity index (χ0n) is 17.0. The molecule has 0 bridgehead atoms. The number of rotatable bonds is 3. The third-order valence-corrected chi connectivity index (χ3v) is 5.56. The van der Waals surface area contributed by atoms with Crippen LogP contribution in [-0.2, 0) is 0 Å². The zero-order chi connectivity index (χ0) is 21.8. The minimum Gasteiger partial charge on any atom is -0.398 e. The number of dihydropyridines is 1. The number of nitrogens with one attached hydrogen (secondary N) is 2. The highest BCUT2D eigenvalue weighted by molar-refractivity contribution is 5.94. The Bertz CT molecular complexity index is 1550. The lowest BCUT2D eigenvalue weighted by atomic mass is 9.99. The number of pyridine rings is 1. The van der Waals surface area contributed by atoms with Gasteiger partial charge in [-0.2, -0.15) is 5.10 Å². The fourth-order valence-corrected chi connectivity index (χ4v) is 4.08. The Morgan fingerprint density at radius 1 is 1.22 bits per heavy atom. The molecule has 32 heavy (non-hydrogen) atoms. The number of fused-ring (bicyclic) bond motifs is 2. The summed E-state index contributed by atoms with van der Waals surface area (Å²) in [7, 11) is 0. The maximum absolute atomic E-state index is 15.7. The summed E-state index contributed by atoms with van der Waals surface area (Å²) in [5.41, 5.74) is 10.8. The van der Waals surface area contributed by atoms with Gasteiger partial charge in [0.25, 0.3) is 0 Å². The van der Waals surface area contributed by atoms with Crippen LogP contribution >= 0.6 is 0 Å². The number of allylic oxidation sites excluding steroid dienone is 1. The van der Waals surface area contributed by atoms with E-state index >= 15 is 4.39 Å². The number of nitrogens with two attached hydrogens (primary N) is 1. The van der Waals surface area contributed by atoms with E-state index in [-0.39, 0.29) is 11.6 Å². The molecule has 1 atom stereocenters. The van der Waals surface area contributed by atoms with Crippen molar-refractivity contribution in [3.8, 4) is 17.2 Å². The van der Waals surface area contributed by atoms with Crippen LogP contribution in [0.1, 0.15) is 17.3 Å². The summed E-state index contributed by atoms with van der Waals surface area (Å²) in [6, 6.07) is 5.81. The number of benzene rings is 1. The summed E-state index contributed by atoms with van der Waals surface area (Å²) < 4.78 is 17.6. The highest BCUT2D eigenvalue weighted by Gasteiger charge is 2.24. The van der Waals surface area contributed by atoms with Gasteiger partial charge in [-0.25, -0.2) is 14.4 Å². The SMILES string of the molecule is Cc1cn(-c2cccc3[nH]c(-c4n[nH]c5cnc(C6C=C(N)C=NC6)c(F)c45)nc23)cn1. The van der Waals surface area contributed by atoms with Crippen molar-refractivity contribution in [3.63, 3.8) is 0 Å². The number of aliphatic imine (C=N–C) groups is 1. The van der Waals surface area contributed by atoms with Crippen LogP contribution in [0, 0.1) is 12.7 Å². The van der Waals surface area contributed by atoms with Gasteiger partial charge in [0, 0.05) is 24.0 Å². The lowest BCUT2D eigenvalue weighted by Gasteiger charge is -2.15. The molecule has 158 valence electrons. The van der Waals surface area contributed by atoms with Crippen LogP contribution in [-0.4, -0.2) is 47.5 Å². The van der Waals surface area contributed by atoms with E-state index in [1.54, 1.807) is 24.8 Å². The van der Waals surface area contributed by atoms with Gasteiger partial charge < -0.3 is 15.3 Å². The summed E-state index contributed by atoms with van der Waals surface area (Å²) in [5.74, 6) is -0.328. The number of aromatic nitrogens is 7. The Morgan fingerprint density at radius 3 is 2.94 bits per heavy atom. The summed E-state index contributed by atoms with van der Waals surface area (Å²) in [6.07, 6.45) is 8.59. The molecule has 1 unspecified atom stereocenters. The fraction of sp³-hybridized carbons (Fsp3) is 0.136. The van der Waals surface area contributed by atoms with Gasteiger partial charge in [-0.3, -0.25) is 15.1 Å². The van der Waals surface area contributed by atoms with Crippen molar-refractivity contribution >= 4 is 28.2 Å². The largest absolute Gasteiger partial charge is 0.398 e. The Hall–Kier alpha value is -4.34. The maximum Gasteiger partial charge on any atom is 0.159 e. The highest BCUT2D eigenvalue weighted by Crippen LogP contribution is 2.33. The molecule has 1 aliphatic rings. The second-order valence-electron chi connectivity index (χ2n) is 7.77. The third kappa shape index (κ3) is 2.80. The zero-order valence-corrected chi connectivity index (χ0v) is 17.0. The minimum absolute atomic E-state index is 0.283. The third-order valence-electron chi connectivity index (χ3n) is 5.56. The van der Waals surface area contributed by atoms with E-state index in [9.17, 15) is 0 Å². The summed E-state index contributed by atoms with van der Waals surface area (Å²) >= 11 is 0. The first-order valence-electron chi connectivity index (χ1n) is 10.1. The minimum atomic E-state index is -0.455. The van der Waals surface area contributed by atoms with Crippen LogP contribution in [0.15, 0.2) is 53.7 Å². The van der Waals surface area contributed by atoms with E-state index in [0.29, 0.717) is 34.7 Å². The molecule has 1 aromatic carbocycles. The van der Waals surface area contributed by atoms with Crippen molar-refractivity contribution in [1.29, 1.82) is 0 Å². The molecule has 9 nitrogen and oxygen atoms in total. The number of nitrogens with zero attached hydrogens (tertiary/aromatic N) is 6. The predicted octanol–water partition coefficient (Wildman–Crippen LogP) is 3.15. The van der Waals surface area contributed by atoms with Crippen LogP contribution in [0.2, 0.25) is 0 Å². The molecule has 4 N–H and O–H groups in total. The van der Waals surface area contributed by atoms with Crippen molar-refractivity contribution < 1.29 is 4.39 Å². The first-order chi connectivity index (χ1) is 15.6. The standard InChI is InChI=1S/C22H18FN9/c1-11-9-32(10-27-11)16-4-2-3-14-20(16)29-22(28-14)21-17-15(30-31-21)8-26-19(18(17)23)12-5-13(24)7-25-6-12/h2-5,7-10,12H,6,24H2,1H3,(H,28,29)(H,30,31). The number of imidazole rings is 2. The quantitative estimate of drug-likeness (QED) is 0.408. The first kappa shape index (κ1) is 18.4. The molecule has 5 aromatic rings. The molecule has 0 spiro atoms. The predicted molar refractivity (Wildman–Crippen MR) is 119 cm³/mol. The van der Waals surface area contributed by atoms with E-state index in [2.05, 4.69) is 30.1 Å². The number of hydrogen-bond donors (Lipinski definition) is 3. The van der Waals surface area contributed by atoms with E-state index < -0.39 is 5.82 Å². The number of hydrogen-bond acceptors (Lipinski definition) is 6. The van der Waals surface area contributed by atoms with Crippen molar-refractivity contribution in [2.45, 2.75) is 12.8 Å². The van der Waals surface area contributed by atoms with Gasteiger partial charge in [0.2, 0.25) is 0 Å². The van der Waals surface area contributed by atoms with Crippen molar-refractivity contribution in [1.82, 2.24) is 34.7 Å². The number of H-pyrrole nitrogens is 2. The Kier molecular flexibility index (Phi) is 3.94. The molecule has 5 heterocycles. The van der Waals surface area contributed by atoms with Crippen molar-refractivity contribution in [2.24, 2.45) is 10.7 Å². The van der Waals surface area contributed by atoms with E-state index in [1.807, 2.05) is 35.9 Å². The van der Waals surface area contributed by atoms with E-state index in [1.165, 1.54) is 0 Å². The molecule has 6 rings (SSSR count). The van der Waals surface area contributed by atoms with Crippen LogP contribution in [0.25, 0.3) is 39.1 Å². The van der Waals surface area contributed by atoms with Gasteiger partial charge in [-0.05, 0) is 25.1 Å². The number of para-hydroxylation sites is 1. The summed E-state index contributed by atoms with van der Waals surface area (Å²) in [4.78, 5) is 20.8. The molecule has 0 aliphatic carbocycles. The maximum atomic E-state index is 15.7. The molecule has 0 amide bonds. The molecule has 10 heteroatoms. The van der Waals surface area contributed by atoms with Gasteiger partial charge in [-0.15, -0.1) is 0 Å². The molecule has 0 radical (unpaired) electrons. The van der Waals surface area contributed by atoms with E-state index in [0.717, 1.165) is 22.4 Å². The first-order valence-corrected chi connectivity index (χ1v) is 10.1. The molecular formula is C22H18FN9. The lowest BCUT2D eigenvalue weighted by molar-refractivity contribution is 0.598. The Labute approximate surface area is 180 Å². The number of halogens is 1. The molecule has 4 aromatic heterocycles. The molecule has 0 saturated heterocycles. The highest BCUT2D eigenvalue weighted by atomic mass is 19.1. The fourth-order valence-electron chi connectivity index (χ4n) is 4.08.